The second-order valence-electron chi connectivity index (χ2n) is 3.98. The lowest BCUT2D eigenvalue weighted by Crippen LogP contribution is -2.10. The highest BCUT2D eigenvalue weighted by atomic mass is 16.5. The van der Waals surface area contributed by atoms with Crippen molar-refractivity contribution in [2.75, 3.05) is 24.7 Å². The van der Waals surface area contributed by atoms with Gasteiger partial charge in [0.25, 0.3) is 0 Å². The van der Waals surface area contributed by atoms with Gasteiger partial charge in [-0.05, 0) is 37.0 Å². The van der Waals surface area contributed by atoms with Gasteiger partial charge in [0.15, 0.2) is 0 Å². The summed E-state index contributed by atoms with van der Waals surface area (Å²) in [5.41, 5.74) is 8.94. The lowest BCUT2D eigenvalue weighted by Gasteiger charge is -2.13. The number of nitrogens with two attached hydrogens (primary N) is 1. The molecule has 0 atom stereocenters. The van der Waals surface area contributed by atoms with Crippen LogP contribution in [-0.4, -0.2) is 19.6 Å². The molecule has 1 aliphatic heterocycles. The highest BCUT2D eigenvalue weighted by molar-refractivity contribution is 5.97. The second kappa shape index (κ2) is 4.43. The van der Waals surface area contributed by atoms with Crippen molar-refractivity contribution < 1.29 is 9.53 Å². The van der Waals surface area contributed by atoms with Crippen LogP contribution in [0.4, 0.5) is 11.4 Å². The van der Waals surface area contributed by atoms with Crippen LogP contribution in [0.1, 0.15) is 28.8 Å². The molecule has 4 nitrogen and oxygen atoms in total. The number of fused-ring (bicyclic) bond motifs is 1. The van der Waals surface area contributed by atoms with Crippen LogP contribution >= 0.6 is 0 Å². The zero-order valence-corrected chi connectivity index (χ0v) is 9.38. The van der Waals surface area contributed by atoms with Crippen molar-refractivity contribution in [3.63, 3.8) is 0 Å². The standard InChI is InChI=1S/C12H16N2O2/c1-16-12(15)10-7-9(13)6-8-4-2-3-5-14-11(8)10/h6-7,14H,2-5,13H2,1H3. The van der Waals surface area contributed by atoms with E-state index in [1.807, 2.05) is 6.07 Å². The lowest BCUT2D eigenvalue weighted by molar-refractivity contribution is 0.0602. The van der Waals surface area contributed by atoms with Crippen molar-refractivity contribution in [1.29, 1.82) is 0 Å². The molecule has 1 aliphatic rings. The first kappa shape index (κ1) is 10.8. The van der Waals surface area contributed by atoms with E-state index in [4.69, 9.17) is 10.5 Å². The van der Waals surface area contributed by atoms with E-state index in [-0.39, 0.29) is 5.97 Å². The monoisotopic (exact) mass is 220 g/mol. The number of esters is 1. The topological polar surface area (TPSA) is 64.3 Å². The fraction of sp³-hybridized carbons (Fsp3) is 0.417. The van der Waals surface area contributed by atoms with Crippen LogP contribution < -0.4 is 11.1 Å². The van der Waals surface area contributed by atoms with Crippen LogP contribution in [0.5, 0.6) is 0 Å². The third kappa shape index (κ3) is 1.96. The molecule has 4 heteroatoms. The molecule has 1 aromatic carbocycles. The average molecular weight is 220 g/mol. The number of carbonyl (C=O) groups is 1. The first-order valence-corrected chi connectivity index (χ1v) is 5.47. The molecule has 0 spiro atoms. The fourth-order valence-corrected chi connectivity index (χ4v) is 2.06. The van der Waals surface area contributed by atoms with Gasteiger partial charge in [-0.1, -0.05) is 0 Å². The van der Waals surface area contributed by atoms with Gasteiger partial charge in [0.1, 0.15) is 0 Å². The number of rotatable bonds is 1. The van der Waals surface area contributed by atoms with Gasteiger partial charge in [-0.3, -0.25) is 0 Å². The number of methoxy groups -OCH3 is 1. The van der Waals surface area contributed by atoms with Crippen molar-refractivity contribution >= 4 is 17.3 Å². The zero-order chi connectivity index (χ0) is 11.5. The Morgan fingerprint density at radius 2 is 2.25 bits per heavy atom. The Morgan fingerprint density at radius 1 is 1.44 bits per heavy atom. The highest BCUT2D eigenvalue weighted by Crippen LogP contribution is 2.28. The minimum Gasteiger partial charge on any atom is -0.465 e. The number of nitrogens with one attached hydrogen (secondary N) is 1. The van der Waals surface area contributed by atoms with E-state index in [0.29, 0.717) is 11.3 Å². The molecule has 86 valence electrons. The maximum absolute atomic E-state index is 11.6. The van der Waals surface area contributed by atoms with Crippen molar-refractivity contribution in [2.45, 2.75) is 19.3 Å². The number of hydrogen-bond donors (Lipinski definition) is 2. The Bertz CT molecular complexity index is 416. The van der Waals surface area contributed by atoms with E-state index in [9.17, 15) is 4.79 Å². The van der Waals surface area contributed by atoms with E-state index in [0.717, 1.165) is 37.1 Å². The second-order valence-corrected chi connectivity index (χ2v) is 3.98. The molecule has 0 fully saturated rings. The van der Waals surface area contributed by atoms with E-state index in [1.54, 1.807) is 6.07 Å². The summed E-state index contributed by atoms with van der Waals surface area (Å²) in [6.07, 6.45) is 3.18. The number of ether oxygens (including phenoxy) is 1. The minimum absolute atomic E-state index is 0.335. The summed E-state index contributed by atoms with van der Waals surface area (Å²) in [4.78, 5) is 11.6. The maximum Gasteiger partial charge on any atom is 0.340 e. The molecule has 0 unspecified atom stereocenters. The largest absolute Gasteiger partial charge is 0.465 e. The van der Waals surface area contributed by atoms with Crippen LogP contribution in [0.15, 0.2) is 12.1 Å². The summed E-state index contributed by atoms with van der Waals surface area (Å²) in [6.45, 7) is 0.890. The van der Waals surface area contributed by atoms with E-state index < -0.39 is 0 Å². The molecule has 3 N–H and O–H groups in total. The zero-order valence-electron chi connectivity index (χ0n) is 9.38. The number of aryl methyl sites for hydroxylation is 1. The van der Waals surface area contributed by atoms with Crippen molar-refractivity contribution in [3.05, 3.63) is 23.3 Å². The molecule has 0 amide bonds. The molecule has 2 rings (SSSR count). The molecule has 16 heavy (non-hydrogen) atoms. The predicted octanol–water partition coefficient (Wildman–Crippen LogP) is 1.80. The molecule has 1 aromatic rings. The number of nitrogen functional groups attached to an aromatic ring is 1. The van der Waals surface area contributed by atoms with Gasteiger partial charge >= 0.3 is 5.97 Å². The number of benzene rings is 1. The molecule has 0 bridgehead atoms. The Hall–Kier alpha value is -1.71. The minimum atomic E-state index is -0.335. The van der Waals surface area contributed by atoms with Gasteiger partial charge in [0, 0.05) is 12.2 Å². The number of hydrogen-bond acceptors (Lipinski definition) is 4. The summed E-state index contributed by atoms with van der Waals surface area (Å²) in [5.74, 6) is -0.335. The molecule has 0 aliphatic carbocycles. The normalized spacial score (nSPS) is 14.6. The van der Waals surface area contributed by atoms with Gasteiger partial charge in [-0.2, -0.15) is 0 Å². The first-order chi connectivity index (χ1) is 7.72. The Balaban J connectivity index is 2.50. The number of anilines is 2. The lowest BCUT2D eigenvalue weighted by atomic mass is 10.0. The SMILES string of the molecule is COC(=O)c1cc(N)cc2c1NCCCC2. The van der Waals surface area contributed by atoms with Gasteiger partial charge in [-0.25, -0.2) is 4.79 Å². The Morgan fingerprint density at radius 3 is 3.00 bits per heavy atom. The Kier molecular flexibility index (Phi) is 2.99. The average Bonchev–Trinajstić information content (AvgIpc) is 2.51. The molecular formula is C12H16N2O2. The van der Waals surface area contributed by atoms with Gasteiger partial charge < -0.3 is 15.8 Å². The maximum atomic E-state index is 11.6. The van der Waals surface area contributed by atoms with Gasteiger partial charge in [0.2, 0.25) is 0 Å². The molecular weight excluding hydrogens is 204 g/mol. The summed E-state index contributed by atoms with van der Waals surface area (Å²) >= 11 is 0. The summed E-state index contributed by atoms with van der Waals surface area (Å²) < 4.78 is 4.76. The molecule has 0 aromatic heterocycles. The van der Waals surface area contributed by atoms with Gasteiger partial charge in [0.05, 0.1) is 18.4 Å². The van der Waals surface area contributed by atoms with Crippen LogP contribution in [0.2, 0.25) is 0 Å². The van der Waals surface area contributed by atoms with Crippen LogP contribution in [0.25, 0.3) is 0 Å². The smallest absolute Gasteiger partial charge is 0.340 e. The van der Waals surface area contributed by atoms with E-state index in [2.05, 4.69) is 5.32 Å². The third-order valence-electron chi connectivity index (χ3n) is 2.82. The number of carbonyl (C=O) groups excluding carboxylic acids is 1. The van der Waals surface area contributed by atoms with Gasteiger partial charge in [-0.15, -0.1) is 0 Å². The van der Waals surface area contributed by atoms with Crippen molar-refractivity contribution in [1.82, 2.24) is 0 Å². The summed E-state index contributed by atoms with van der Waals surface area (Å²) in [6, 6.07) is 3.60. The van der Waals surface area contributed by atoms with Crippen molar-refractivity contribution in [2.24, 2.45) is 0 Å². The van der Waals surface area contributed by atoms with E-state index in [1.165, 1.54) is 7.11 Å². The summed E-state index contributed by atoms with van der Waals surface area (Å²) in [5, 5.41) is 3.28. The highest BCUT2D eigenvalue weighted by Gasteiger charge is 2.18. The third-order valence-corrected chi connectivity index (χ3v) is 2.82. The fourth-order valence-electron chi connectivity index (χ4n) is 2.06. The molecule has 1 heterocycles. The van der Waals surface area contributed by atoms with E-state index >= 15 is 0 Å². The first-order valence-electron chi connectivity index (χ1n) is 5.47. The quantitative estimate of drug-likeness (QED) is 0.559. The molecule has 0 saturated heterocycles. The molecule has 0 radical (unpaired) electrons. The Labute approximate surface area is 94.8 Å². The van der Waals surface area contributed by atoms with Crippen molar-refractivity contribution in [3.8, 4) is 0 Å². The van der Waals surface area contributed by atoms with Crippen LogP contribution in [0.3, 0.4) is 0 Å². The van der Waals surface area contributed by atoms with Crippen LogP contribution in [-0.2, 0) is 11.2 Å². The predicted molar refractivity (Wildman–Crippen MR) is 63.6 cm³/mol. The summed E-state index contributed by atoms with van der Waals surface area (Å²) in [7, 11) is 1.38. The van der Waals surface area contributed by atoms with Crippen LogP contribution in [0, 0.1) is 0 Å². The molecule has 0 saturated carbocycles.